The van der Waals surface area contributed by atoms with Gasteiger partial charge in [-0.25, -0.2) is 0 Å². The van der Waals surface area contributed by atoms with Crippen LogP contribution in [0.25, 0.3) is 0 Å². The van der Waals surface area contributed by atoms with Crippen molar-refractivity contribution in [2.45, 2.75) is 12.5 Å². The zero-order valence-corrected chi connectivity index (χ0v) is 11.8. The zero-order chi connectivity index (χ0) is 15.6. The molecule has 0 amide bonds. The maximum absolute atomic E-state index is 11.4. The lowest BCUT2D eigenvalue weighted by Gasteiger charge is -2.18. The van der Waals surface area contributed by atoms with E-state index >= 15 is 0 Å². The fourth-order valence-electron chi connectivity index (χ4n) is 2.15. The van der Waals surface area contributed by atoms with Crippen molar-refractivity contribution >= 4 is 12.9 Å². The summed E-state index contributed by atoms with van der Waals surface area (Å²) < 4.78 is 11.4. The van der Waals surface area contributed by atoms with E-state index in [9.17, 15) is 29.7 Å². The molecule has 0 aliphatic heterocycles. The summed E-state index contributed by atoms with van der Waals surface area (Å²) in [6.45, 7) is 0. The monoisotopic (exact) mass is 310 g/mol. The Bertz CT molecular complexity index is 694. The molecule has 2 rings (SSSR count). The fourth-order valence-corrected chi connectivity index (χ4v) is 3.00. The summed E-state index contributed by atoms with van der Waals surface area (Å²) in [6.07, 6.45) is -1.31. The first-order valence-corrected chi connectivity index (χ1v) is 7.74. The van der Waals surface area contributed by atoms with Gasteiger partial charge >= 0.3 is 7.60 Å². The van der Waals surface area contributed by atoms with Gasteiger partial charge in [-0.2, -0.15) is 0 Å². The Morgan fingerprint density at radius 1 is 1.05 bits per heavy atom. The van der Waals surface area contributed by atoms with Gasteiger partial charge in [0.25, 0.3) is 0 Å². The van der Waals surface area contributed by atoms with Gasteiger partial charge in [-0.3, -0.25) is 4.57 Å². The summed E-state index contributed by atoms with van der Waals surface area (Å²) >= 11 is 0. The van der Waals surface area contributed by atoms with E-state index in [1.165, 1.54) is 30.3 Å². The van der Waals surface area contributed by atoms with E-state index in [2.05, 4.69) is 0 Å². The number of rotatable bonds is 4. The van der Waals surface area contributed by atoms with Crippen LogP contribution >= 0.6 is 7.60 Å². The van der Waals surface area contributed by atoms with Gasteiger partial charge in [-0.1, -0.05) is 18.2 Å². The molecular formula is C14H15O6P. The third-order valence-electron chi connectivity index (χ3n) is 3.05. The first-order chi connectivity index (χ1) is 9.79. The van der Waals surface area contributed by atoms with Gasteiger partial charge in [0, 0.05) is 12.0 Å². The average Bonchev–Trinajstić information content (AvgIpc) is 2.37. The van der Waals surface area contributed by atoms with E-state index in [0.29, 0.717) is 5.56 Å². The Hall–Kier alpha value is -1.85. The van der Waals surface area contributed by atoms with Gasteiger partial charge in [0.2, 0.25) is 0 Å². The molecule has 0 radical (unpaired) electrons. The molecule has 0 aliphatic rings. The van der Waals surface area contributed by atoms with E-state index in [4.69, 9.17) is 0 Å². The van der Waals surface area contributed by atoms with Crippen molar-refractivity contribution in [3.63, 3.8) is 0 Å². The lowest BCUT2D eigenvalue weighted by Crippen LogP contribution is -2.16. The Kier molecular flexibility index (Phi) is 4.34. The Balaban J connectivity index is 2.39. The molecule has 21 heavy (non-hydrogen) atoms. The lowest BCUT2D eigenvalue weighted by molar-refractivity contribution is 0.175. The van der Waals surface area contributed by atoms with Crippen LogP contribution in [-0.4, -0.2) is 25.1 Å². The van der Waals surface area contributed by atoms with Crippen LogP contribution in [0, 0.1) is 0 Å². The molecule has 0 fully saturated rings. The molecule has 0 aromatic heterocycles. The van der Waals surface area contributed by atoms with Crippen molar-refractivity contribution in [2.75, 3.05) is 0 Å². The van der Waals surface area contributed by atoms with E-state index < -0.39 is 19.0 Å². The van der Waals surface area contributed by atoms with Crippen LogP contribution in [0.3, 0.4) is 0 Å². The van der Waals surface area contributed by atoms with Crippen molar-refractivity contribution in [3.8, 4) is 11.5 Å². The number of benzene rings is 2. The summed E-state index contributed by atoms with van der Waals surface area (Å²) in [6, 6.07) is 9.86. The van der Waals surface area contributed by atoms with E-state index in [-0.39, 0.29) is 23.5 Å². The molecule has 2 aromatic rings. The van der Waals surface area contributed by atoms with Gasteiger partial charge in [-0.15, -0.1) is 0 Å². The van der Waals surface area contributed by atoms with Gasteiger partial charge in [0.1, 0.15) is 11.5 Å². The quantitative estimate of drug-likeness (QED) is 0.541. The van der Waals surface area contributed by atoms with Crippen molar-refractivity contribution in [2.24, 2.45) is 0 Å². The largest absolute Gasteiger partial charge is 0.508 e. The van der Waals surface area contributed by atoms with Crippen LogP contribution in [0.15, 0.2) is 42.5 Å². The van der Waals surface area contributed by atoms with Crippen LogP contribution in [-0.2, 0) is 11.0 Å². The van der Waals surface area contributed by atoms with Crippen LogP contribution in [0.5, 0.6) is 11.5 Å². The second-order valence-corrected chi connectivity index (χ2v) is 6.21. The lowest BCUT2D eigenvalue weighted by atomic mass is 10.0. The SMILES string of the molecule is O=P(O)(O)c1cccc(O)c1C(O)Cc1cccc(O)c1. The van der Waals surface area contributed by atoms with E-state index in [1.807, 2.05) is 0 Å². The molecule has 6 nitrogen and oxygen atoms in total. The molecule has 0 spiro atoms. The van der Waals surface area contributed by atoms with E-state index in [1.54, 1.807) is 12.1 Å². The highest BCUT2D eigenvalue weighted by atomic mass is 31.2. The number of hydrogen-bond donors (Lipinski definition) is 5. The number of phenolic OH excluding ortho intramolecular Hbond substituents is 2. The van der Waals surface area contributed by atoms with E-state index in [0.717, 1.165) is 0 Å². The highest BCUT2D eigenvalue weighted by Gasteiger charge is 2.27. The molecule has 1 unspecified atom stereocenters. The standard InChI is InChI=1S/C14H15O6P/c15-10-4-1-3-9(7-10)8-12(17)14-11(16)5-2-6-13(14)21(18,19)20/h1-7,12,15-17H,8H2,(H2,18,19,20). The number of hydrogen-bond acceptors (Lipinski definition) is 4. The molecule has 0 saturated carbocycles. The molecule has 1 atom stereocenters. The summed E-state index contributed by atoms with van der Waals surface area (Å²) in [7, 11) is -4.62. The maximum atomic E-state index is 11.4. The van der Waals surface area contributed by atoms with Crippen molar-refractivity contribution < 1.29 is 29.7 Å². The number of aliphatic hydroxyl groups excluding tert-OH is 1. The third-order valence-corrected chi connectivity index (χ3v) is 4.06. The predicted molar refractivity (Wildman–Crippen MR) is 76.6 cm³/mol. The topological polar surface area (TPSA) is 118 Å². The highest BCUT2D eigenvalue weighted by molar-refractivity contribution is 7.60. The van der Waals surface area contributed by atoms with Gasteiger partial charge in [0.05, 0.1) is 11.4 Å². The molecule has 7 heteroatoms. The van der Waals surface area contributed by atoms with Crippen LogP contribution in [0.2, 0.25) is 0 Å². The summed E-state index contributed by atoms with van der Waals surface area (Å²) in [5.41, 5.74) is 0.372. The predicted octanol–water partition coefficient (Wildman–Crippen LogP) is 1.18. The molecule has 0 heterocycles. The summed E-state index contributed by atoms with van der Waals surface area (Å²) in [5, 5.41) is 29.0. The zero-order valence-electron chi connectivity index (χ0n) is 10.9. The molecule has 0 saturated heterocycles. The normalized spacial score (nSPS) is 13.1. The average molecular weight is 310 g/mol. The molecule has 0 bridgehead atoms. The minimum atomic E-state index is -4.62. The second kappa shape index (κ2) is 5.87. The van der Waals surface area contributed by atoms with Crippen molar-refractivity contribution in [1.82, 2.24) is 0 Å². The third kappa shape index (κ3) is 3.62. The number of aromatic hydroxyl groups is 2. The van der Waals surface area contributed by atoms with Crippen LogP contribution in [0.4, 0.5) is 0 Å². The summed E-state index contributed by atoms with van der Waals surface area (Å²) in [5.74, 6) is -0.365. The number of aliphatic hydroxyl groups is 1. The van der Waals surface area contributed by atoms with Gasteiger partial charge in [0.15, 0.2) is 0 Å². The molecule has 112 valence electrons. The maximum Gasteiger partial charge on any atom is 0.356 e. The van der Waals surface area contributed by atoms with Crippen molar-refractivity contribution in [3.05, 3.63) is 53.6 Å². The fraction of sp³-hybridized carbons (Fsp3) is 0.143. The van der Waals surface area contributed by atoms with Gasteiger partial charge < -0.3 is 25.1 Å². The molecular weight excluding hydrogens is 295 g/mol. The Morgan fingerprint density at radius 3 is 2.33 bits per heavy atom. The van der Waals surface area contributed by atoms with Crippen LogP contribution < -0.4 is 5.30 Å². The Labute approximate surface area is 121 Å². The first kappa shape index (κ1) is 15.5. The van der Waals surface area contributed by atoms with Gasteiger partial charge in [-0.05, 0) is 29.8 Å². The first-order valence-electron chi connectivity index (χ1n) is 6.13. The second-order valence-electron chi connectivity index (χ2n) is 4.64. The molecule has 5 N–H and O–H groups in total. The highest BCUT2D eigenvalue weighted by Crippen LogP contribution is 2.39. The molecule has 0 aliphatic carbocycles. The summed E-state index contributed by atoms with van der Waals surface area (Å²) in [4.78, 5) is 18.6. The minimum absolute atomic E-state index is 0.00102. The Morgan fingerprint density at radius 2 is 1.71 bits per heavy atom. The smallest absolute Gasteiger partial charge is 0.356 e. The minimum Gasteiger partial charge on any atom is -0.508 e. The van der Waals surface area contributed by atoms with Crippen molar-refractivity contribution in [1.29, 1.82) is 0 Å². The molecule has 2 aromatic carbocycles. The van der Waals surface area contributed by atoms with Crippen LogP contribution in [0.1, 0.15) is 17.2 Å². The number of phenols is 2.